The van der Waals surface area contributed by atoms with Gasteiger partial charge >= 0.3 is 0 Å². The number of aliphatic hydroxyl groups excluding tert-OH is 1. The Hall–Kier alpha value is -2.26. The molecule has 0 unspecified atom stereocenters. The van der Waals surface area contributed by atoms with E-state index in [1.807, 2.05) is 7.05 Å². The van der Waals surface area contributed by atoms with Crippen LogP contribution in [0.3, 0.4) is 0 Å². The first-order chi connectivity index (χ1) is 14.1. The van der Waals surface area contributed by atoms with Crippen LogP contribution < -0.4 is 5.32 Å². The highest BCUT2D eigenvalue weighted by molar-refractivity contribution is 7.20. The second-order valence-corrected chi connectivity index (χ2v) is 8.56. The number of aliphatic hydroxyl groups is 1. The Morgan fingerprint density at radius 3 is 2.97 bits per heavy atom. The number of nitrogens with zero attached hydrogens (tertiary/aromatic N) is 4. The molecule has 0 saturated heterocycles. The Labute approximate surface area is 176 Å². The molecular formula is C20H19ClFN5OS. The van der Waals surface area contributed by atoms with Crippen molar-refractivity contribution in [3.05, 3.63) is 51.5 Å². The molecule has 2 aliphatic rings. The summed E-state index contributed by atoms with van der Waals surface area (Å²) in [6, 6.07) is 4.55. The molecule has 3 heterocycles. The minimum absolute atomic E-state index is 0.0698. The number of aryl methyl sites for hydroxylation is 1. The molecule has 5 rings (SSSR count). The van der Waals surface area contributed by atoms with Gasteiger partial charge in [0.05, 0.1) is 23.6 Å². The van der Waals surface area contributed by atoms with Gasteiger partial charge < -0.3 is 15.4 Å². The topological polar surface area (TPSA) is 64.5 Å². The molecule has 9 heteroatoms. The molecule has 0 radical (unpaired) electrons. The van der Waals surface area contributed by atoms with E-state index in [1.54, 1.807) is 29.8 Å². The van der Waals surface area contributed by atoms with Gasteiger partial charge in [-0.15, -0.1) is 11.3 Å². The van der Waals surface area contributed by atoms with E-state index in [2.05, 4.69) is 25.3 Å². The zero-order valence-corrected chi connectivity index (χ0v) is 17.3. The van der Waals surface area contributed by atoms with E-state index in [1.165, 1.54) is 27.8 Å². The van der Waals surface area contributed by atoms with Gasteiger partial charge in [-0.2, -0.15) is 0 Å². The Morgan fingerprint density at radius 1 is 1.31 bits per heavy atom. The van der Waals surface area contributed by atoms with Crippen LogP contribution in [0, 0.1) is 5.82 Å². The highest BCUT2D eigenvalue weighted by atomic mass is 35.5. The fraction of sp³-hybridized carbons (Fsp3) is 0.300. The molecule has 6 nitrogen and oxygen atoms in total. The average Bonchev–Trinajstić information content (AvgIpc) is 3.24. The third-order valence-corrected chi connectivity index (χ3v) is 6.92. The molecule has 0 fully saturated rings. The molecule has 0 saturated carbocycles. The Kier molecular flexibility index (Phi) is 4.66. The molecule has 2 aromatic heterocycles. The molecule has 1 aliphatic carbocycles. The van der Waals surface area contributed by atoms with Crippen molar-refractivity contribution in [3.8, 4) is 0 Å². The van der Waals surface area contributed by atoms with Crippen LogP contribution in [0.1, 0.15) is 16.9 Å². The van der Waals surface area contributed by atoms with Crippen molar-refractivity contribution in [2.45, 2.75) is 12.8 Å². The highest BCUT2D eigenvalue weighted by Crippen LogP contribution is 2.46. The lowest BCUT2D eigenvalue weighted by molar-refractivity contribution is 0.0485. The fourth-order valence-corrected chi connectivity index (χ4v) is 5.60. The van der Waals surface area contributed by atoms with Crippen LogP contribution in [0.15, 0.2) is 30.2 Å². The summed E-state index contributed by atoms with van der Waals surface area (Å²) in [5.41, 5.74) is 4.52. The third kappa shape index (κ3) is 3.07. The van der Waals surface area contributed by atoms with E-state index < -0.39 is 5.82 Å². The van der Waals surface area contributed by atoms with Gasteiger partial charge in [-0.25, -0.2) is 19.4 Å². The van der Waals surface area contributed by atoms with Crippen molar-refractivity contribution in [1.29, 1.82) is 0 Å². The molecule has 2 N–H and O–H groups in total. The number of hydrogen-bond donors (Lipinski definition) is 2. The van der Waals surface area contributed by atoms with Crippen molar-refractivity contribution in [2.24, 2.45) is 0 Å². The van der Waals surface area contributed by atoms with Crippen LogP contribution in [0.25, 0.3) is 15.8 Å². The van der Waals surface area contributed by atoms with Crippen molar-refractivity contribution < 1.29 is 9.50 Å². The summed E-state index contributed by atoms with van der Waals surface area (Å²) in [5.74, 6) is 0.257. The number of benzene rings is 1. The number of aromatic nitrogens is 2. The van der Waals surface area contributed by atoms with Crippen LogP contribution in [0.2, 0.25) is 5.02 Å². The van der Waals surface area contributed by atoms with Crippen molar-refractivity contribution in [2.75, 3.05) is 32.1 Å². The third-order valence-electron chi connectivity index (χ3n) is 5.43. The van der Waals surface area contributed by atoms with E-state index in [0.29, 0.717) is 18.1 Å². The van der Waals surface area contributed by atoms with E-state index in [0.717, 1.165) is 29.6 Å². The second-order valence-electron chi connectivity index (χ2n) is 7.15. The SMILES string of the molecule is CN1CC2=C(CCc3c2sc2ncnc(Nc4ccc(F)c(Cl)c4)c32)N1CCO. The maximum atomic E-state index is 13.5. The van der Waals surface area contributed by atoms with E-state index >= 15 is 0 Å². The summed E-state index contributed by atoms with van der Waals surface area (Å²) in [4.78, 5) is 11.1. The van der Waals surface area contributed by atoms with E-state index in [4.69, 9.17) is 11.6 Å². The van der Waals surface area contributed by atoms with Gasteiger partial charge in [0.25, 0.3) is 0 Å². The molecular weight excluding hydrogens is 413 g/mol. The summed E-state index contributed by atoms with van der Waals surface area (Å²) >= 11 is 7.61. The minimum atomic E-state index is -0.449. The van der Waals surface area contributed by atoms with Crippen LogP contribution in [0.4, 0.5) is 15.9 Å². The fourth-order valence-electron chi connectivity index (χ4n) is 4.17. The zero-order valence-electron chi connectivity index (χ0n) is 15.7. The summed E-state index contributed by atoms with van der Waals surface area (Å²) < 4.78 is 13.5. The molecule has 29 heavy (non-hydrogen) atoms. The molecule has 3 aromatic rings. The zero-order chi connectivity index (χ0) is 20.1. The van der Waals surface area contributed by atoms with E-state index in [-0.39, 0.29) is 11.6 Å². The predicted octanol–water partition coefficient (Wildman–Crippen LogP) is 4.04. The van der Waals surface area contributed by atoms with Crippen molar-refractivity contribution >= 4 is 50.2 Å². The number of halogens is 2. The molecule has 0 amide bonds. The smallest absolute Gasteiger partial charge is 0.142 e. The van der Waals surface area contributed by atoms with Crippen LogP contribution in [-0.4, -0.2) is 51.8 Å². The Bertz CT molecular complexity index is 1150. The van der Waals surface area contributed by atoms with Gasteiger partial charge in [0.15, 0.2) is 0 Å². The minimum Gasteiger partial charge on any atom is -0.394 e. The summed E-state index contributed by atoms with van der Waals surface area (Å²) in [7, 11) is 2.05. The summed E-state index contributed by atoms with van der Waals surface area (Å²) in [6.07, 6.45) is 3.34. The van der Waals surface area contributed by atoms with Gasteiger partial charge in [0.2, 0.25) is 0 Å². The molecule has 1 aromatic carbocycles. The maximum absolute atomic E-state index is 13.5. The standard InChI is InChI=1S/C20H19ClFN5OS/c1-26-9-13-16(27(26)6-7-28)5-3-12-17-19(23-10-24-20(17)29-18(12)13)25-11-2-4-15(22)14(21)8-11/h2,4,8,10,28H,3,5-7,9H2,1H3,(H,23,24,25). The number of fused-ring (bicyclic) bond motifs is 4. The lowest BCUT2D eigenvalue weighted by Gasteiger charge is -2.29. The number of allylic oxidation sites excluding steroid dienone is 1. The number of nitrogens with one attached hydrogen (secondary N) is 1. The van der Waals surface area contributed by atoms with Gasteiger partial charge in [-0.05, 0) is 36.6 Å². The number of thiophene rings is 1. The summed E-state index contributed by atoms with van der Waals surface area (Å²) in [6.45, 7) is 1.55. The van der Waals surface area contributed by atoms with Gasteiger partial charge in [-0.1, -0.05) is 11.6 Å². The second kappa shape index (κ2) is 7.21. The molecule has 0 spiro atoms. The number of anilines is 2. The molecule has 0 atom stereocenters. The Morgan fingerprint density at radius 2 is 2.17 bits per heavy atom. The number of hydrazine groups is 1. The van der Waals surface area contributed by atoms with Gasteiger partial charge in [-0.3, -0.25) is 0 Å². The molecule has 1 aliphatic heterocycles. The molecule has 150 valence electrons. The van der Waals surface area contributed by atoms with Crippen LogP contribution in [-0.2, 0) is 6.42 Å². The lowest BCUT2D eigenvalue weighted by Crippen LogP contribution is -2.36. The van der Waals surface area contributed by atoms with Gasteiger partial charge in [0.1, 0.15) is 22.8 Å². The predicted molar refractivity (Wildman–Crippen MR) is 114 cm³/mol. The lowest BCUT2D eigenvalue weighted by atomic mass is 9.94. The first-order valence-corrected chi connectivity index (χ1v) is 10.6. The van der Waals surface area contributed by atoms with Gasteiger partial charge in [0, 0.05) is 35.4 Å². The summed E-state index contributed by atoms with van der Waals surface area (Å²) in [5, 5.41) is 18.1. The Balaban J connectivity index is 1.59. The van der Waals surface area contributed by atoms with Crippen LogP contribution >= 0.6 is 22.9 Å². The average molecular weight is 432 g/mol. The molecule has 0 bridgehead atoms. The monoisotopic (exact) mass is 431 g/mol. The number of likely N-dealkylation sites (N-methyl/N-ethyl adjacent to an activating group) is 1. The number of rotatable bonds is 4. The first kappa shape index (κ1) is 18.7. The largest absolute Gasteiger partial charge is 0.394 e. The first-order valence-electron chi connectivity index (χ1n) is 9.37. The normalized spacial score (nSPS) is 16.5. The van der Waals surface area contributed by atoms with E-state index in [9.17, 15) is 9.50 Å². The quantitative estimate of drug-likeness (QED) is 0.650. The maximum Gasteiger partial charge on any atom is 0.142 e. The highest BCUT2D eigenvalue weighted by Gasteiger charge is 2.34. The number of β-amino-alcohol motifs (C(OH)–C–C–N with tert-alkyl or cyclic N) is 1. The van der Waals surface area contributed by atoms with Crippen molar-refractivity contribution in [1.82, 2.24) is 20.0 Å². The van der Waals surface area contributed by atoms with Crippen LogP contribution in [0.5, 0.6) is 0 Å². The number of hydrogen-bond acceptors (Lipinski definition) is 7. The van der Waals surface area contributed by atoms with Crippen molar-refractivity contribution in [3.63, 3.8) is 0 Å².